The molecule has 0 radical (unpaired) electrons. The van der Waals surface area contributed by atoms with Crippen molar-refractivity contribution in [2.24, 2.45) is 0 Å². The van der Waals surface area contributed by atoms with E-state index in [1.54, 1.807) is 30.5 Å². The van der Waals surface area contributed by atoms with E-state index in [9.17, 15) is 8.42 Å². The minimum absolute atomic E-state index is 0.0237. The molecule has 0 saturated carbocycles. The minimum atomic E-state index is -3.39. The summed E-state index contributed by atoms with van der Waals surface area (Å²) < 4.78 is 31.6. The van der Waals surface area contributed by atoms with E-state index in [0.29, 0.717) is 39.4 Å². The number of pyridine rings is 1. The van der Waals surface area contributed by atoms with Gasteiger partial charge in [-0.1, -0.05) is 23.2 Å². The third kappa shape index (κ3) is 5.46. The quantitative estimate of drug-likeness (QED) is 0.649. The van der Waals surface area contributed by atoms with Crippen LogP contribution >= 0.6 is 34.8 Å². The highest BCUT2D eigenvalue weighted by atomic mass is 35.5. The number of benzene rings is 1. The van der Waals surface area contributed by atoms with Crippen molar-refractivity contribution < 1.29 is 13.2 Å². The average molecular weight is 424 g/mol. The summed E-state index contributed by atoms with van der Waals surface area (Å²) in [5.41, 5.74) is 1.91. The Morgan fingerprint density at radius 1 is 1.24 bits per heavy atom. The molecule has 0 saturated heterocycles. The van der Waals surface area contributed by atoms with Gasteiger partial charge in [0.25, 0.3) is 0 Å². The average Bonchev–Trinajstić information content (AvgIpc) is 2.61. The molecule has 2 rings (SSSR count). The van der Waals surface area contributed by atoms with Gasteiger partial charge in [0.05, 0.1) is 35.1 Å². The van der Waals surface area contributed by atoms with Gasteiger partial charge in [-0.05, 0) is 36.2 Å². The van der Waals surface area contributed by atoms with Gasteiger partial charge in [0, 0.05) is 17.6 Å². The van der Waals surface area contributed by atoms with Crippen LogP contribution in [0.1, 0.15) is 12.1 Å². The van der Waals surface area contributed by atoms with Crippen molar-refractivity contribution in [2.75, 3.05) is 18.7 Å². The molecule has 0 bridgehead atoms. The molecule has 1 N–H and O–H groups in total. The normalized spacial score (nSPS) is 11.5. The van der Waals surface area contributed by atoms with Gasteiger partial charge in [-0.15, -0.1) is 11.6 Å². The zero-order valence-corrected chi connectivity index (χ0v) is 16.5. The number of hydrogen-bond acceptors (Lipinski definition) is 4. The van der Waals surface area contributed by atoms with Gasteiger partial charge in [0.15, 0.2) is 0 Å². The molecule has 0 aliphatic carbocycles. The van der Waals surface area contributed by atoms with Crippen LogP contribution in [0.25, 0.3) is 11.1 Å². The van der Waals surface area contributed by atoms with Crippen molar-refractivity contribution in [3.8, 4) is 16.9 Å². The number of methoxy groups -OCH3 is 1. The van der Waals surface area contributed by atoms with E-state index < -0.39 is 10.0 Å². The van der Waals surface area contributed by atoms with Crippen molar-refractivity contribution in [1.82, 2.24) is 9.71 Å². The van der Waals surface area contributed by atoms with Crippen molar-refractivity contribution in [2.45, 2.75) is 13.0 Å². The maximum absolute atomic E-state index is 11.9. The van der Waals surface area contributed by atoms with Gasteiger partial charge in [0.1, 0.15) is 5.75 Å². The van der Waals surface area contributed by atoms with Gasteiger partial charge in [-0.2, -0.15) is 0 Å². The number of nitrogens with one attached hydrogen (secondary N) is 1. The first-order valence-electron chi connectivity index (χ1n) is 7.38. The van der Waals surface area contributed by atoms with Crippen LogP contribution in [0.15, 0.2) is 30.5 Å². The van der Waals surface area contributed by atoms with E-state index in [4.69, 9.17) is 39.5 Å². The van der Waals surface area contributed by atoms with E-state index in [0.717, 1.165) is 5.56 Å². The van der Waals surface area contributed by atoms with Crippen molar-refractivity contribution >= 4 is 44.8 Å². The smallest absolute Gasteiger partial charge is 0.211 e. The topological polar surface area (TPSA) is 68.3 Å². The molecule has 0 aliphatic heterocycles. The van der Waals surface area contributed by atoms with Crippen LogP contribution in [0.5, 0.6) is 5.75 Å². The molecule has 0 aliphatic rings. The molecule has 0 spiro atoms. The molecule has 1 aromatic carbocycles. The maximum atomic E-state index is 11.9. The van der Waals surface area contributed by atoms with E-state index in [1.807, 2.05) is 0 Å². The Kier molecular flexibility index (Phi) is 7.34. The lowest BCUT2D eigenvalue weighted by Crippen LogP contribution is -2.26. The molecule has 0 fully saturated rings. The Morgan fingerprint density at radius 2 is 2.00 bits per heavy atom. The summed E-state index contributed by atoms with van der Waals surface area (Å²) in [4.78, 5) is 4.19. The third-order valence-corrected chi connectivity index (χ3v) is 5.88. The zero-order chi connectivity index (χ0) is 18.4. The molecule has 9 heteroatoms. The van der Waals surface area contributed by atoms with Crippen LogP contribution in [0.4, 0.5) is 0 Å². The molecule has 5 nitrogen and oxygen atoms in total. The fourth-order valence-corrected chi connectivity index (χ4v) is 3.95. The second-order valence-corrected chi connectivity index (χ2v) is 8.25. The molecular weight excluding hydrogens is 407 g/mol. The molecule has 1 aromatic heterocycles. The van der Waals surface area contributed by atoms with Crippen LogP contribution in [-0.4, -0.2) is 32.1 Å². The standard InChI is InChI=1S/C16H17Cl3N2O3S/c1-24-14-4-3-13(18)16(19)15(14)11-5-7-20-12(9-11)10-21-25(22,23)8-2-6-17/h3-5,7,9,21H,2,6,8,10H2,1H3. The first-order valence-corrected chi connectivity index (χ1v) is 10.3. The first kappa shape index (κ1) is 20.3. The summed E-state index contributed by atoms with van der Waals surface area (Å²) in [5, 5.41) is 0.762. The number of aromatic nitrogens is 1. The predicted molar refractivity (Wildman–Crippen MR) is 102 cm³/mol. The van der Waals surface area contributed by atoms with Crippen LogP contribution in [0, 0.1) is 0 Å². The minimum Gasteiger partial charge on any atom is -0.496 e. The summed E-state index contributed by atoms with van der Waals surface area (Å²) in [7, 11) is -1.86. The monoisotopic (exact) mass is 422 g/mol. The second kappa shape index (κ2) is 9.05. The summed E-state index contributed by atoms with van der Waals surface area (Å²) in [5.74, 6) is 0.834. The third-order valence-electron chi connectivity index (χ3n) is 3.40. The molecule has 0 atom stereocenters. The summed E-state index contributed by atoms with van der Waals surface area (Å²) in [6.07, 6.45) is 1.97. The second-order valence-electron chi connectivity index (χ2n) is 5.16. The zero-order valence-electron chi connectivity index (χ0n) is 13.4. The van der Waals surface area contributed by atoms with Crippen LogP contribution in [-0.2, 0) is 16.6 Å². The maximum Gasteiger partial charge on any atom is 0.211 e. The number of ether oxygens (including phenoxy) is 1. The highest BCUT2D eigenvalue weighted by Crippen LogP contribution is 2.40. The van der Waals surface area contributed by atoms with Gasteiger partial charge in [0.2, 0.25) is 10.0 Å². The predicted octanol–water partition coefficient (Wildman–Crippen LogP) is 4.11. The summed E-state index contributed by atoms with van der Waals surface area (Å²) in [6.45, 7) is 0.0684. The Hall–Kier alpha value is -1.05. The van der Waals surface area contributed by atoms with Gasteiger partial charge < -0.3 is 4.74 Å². The van der Waals surface area contributed by atoms with Gasteiger partial charge in [-0.25, -0.2) is 13.1 Å². The number of halogens is 3. The summed E-state index contributed by atoms with van der Waals surface area (Å²) >= 11 is 17.9. The first-order chi connectivity index (χ1) is 11.9. The molecule has 2 aromatic rings. The van der Waals surface area contributed by atoms with Crippen molar-refractivity contribution in [3.05, 3.63) is 46.2 Å². The highest BCUT2D eigenvalue weighted by Gasteiger charge is 2.15. The van der Waals surface area contributed by atoms with E-state index >= 15 is 0 Å². The lowest BCUT2D eigenvalue weighted by molar-refractivity contribution is 0.416. The Balaban J connectivity index is 2.27. The summed E-state index contributed by atoms with van der Waals surface area (Å²) in [6, 6.07) is 6.87. The fourth-order valence-electron chi connectivity index (χ4n) is 2.20. The fraction of sp³-hybridized carbons (Fsp3) is 0.312. The van der Waals surface area contributed by atoms with E-state index in [-0.39, 0.29) is 12.3 Å². The molecule has 25 heavy (non-hydrogen) atoms. The SMILES string of the molecule is COc1ccc(Cl)c(Cl)c1-c1ccnc(CNS(=O)(=O)CCCCl)c1. The van der Waals surface area contributed by atoms with E-state index in [1.165, 1.54) is 7.11 Å². The molecule has 136 valence electrons. The van der Waals surface area contributed by atoms with Gasteiger partial charge in [-0.3, -0.25) is 4.98 Å². The van der Waals surface area contributed by atoms with E-state index in [2.05, 4.69) is 9.71 Å². The molecular formula is C16H17Cl3N2O3S. The Labute approximate surface area is 162 Å². The Bertz CT molecular complexity index is 845. The Morgan fingerprint density at radius 3 is 2.68 bits per heavy atom. The highest BCUT2D eigenvalue weighted by molar-refractivity contribution is 7.89. The number of nitrogens with zero attached hydrogens (tertiary/aromatic N) is 1. The number of sulfonamides is 1. The molecule has 0 unspecified atom stereocenters. The van der Waals surface area contributed by atoms with Crippen LogP contribution < -0.4 is 9.46 Å². The lowest BCUT2D eigenvalue weighted by Gasteiger charge is -2.13. The molecule has 0 amide bonds. The lowest BCUT2D eigenvalue weighted by atomic mass is 10.0. The van der Waals surface area contributed by atoms with Crippen molar-refractivity contribution in [1.29, 1.82) is 0 Å². The van der Waals surface area contributed by atoms with Gasteiger partial charge >= 0.3 is 0 Å². The number of rotatable bonds is 8. The number of alkyl halides is 1. The molecule has 1 heterocycles. The number of hydrogen-bond donors (Lipinski definition) is 1. The van der Waals surface area contributed by atoms with Crippen LogP contribution in [0.3, 0.4) is 0 Å². The van der Waals surface area contributed by atoms with Crippen LogP contribution in [0.2, 0.25) is 10.0 Å². The largest absolute Gasteiger partial charge is 0.496 e. The van der Waals surface area contributed by atoms with Crippen molar-refractivity contribution in [3.63, 3.8) is 0 Å².